The van der Waals surface area contributed by atoms with Gasteiger partial charge in [0.25, 0.3) is 0 Å². The molecule has 11 aromatic rings. The van der Waals surface area contributed by atoms with Crippen LogP contribution < -0.4 is 24.5 Å². The molecule has 0 saturated heterocycles. The Morgan fingerprint density at radius 2 is 0.880 bits per heavy atom. The second kappa shape index (κ2) is 21.5. The molecule has 13 nitrogen and oxygen atoms in total. The zero-order valence-corrected chi connectivity index (χ0v) is 49.2. The van der Waals surface area contributed by atoms with Crippen molar-refractivity contribution in [2.24, 2.45) is 0 Å². The third-order valence-electron chi connectivity index (χ3n) is 16.8. The van der Waals surface area contributed by atoms with Gasteiger partial charge in [-0.3, -0.25) is 0 Å². The maximum Gasteiger partial charge on any atom is 0.227 e. The fraction of sp³-hybridized carbons (Fsp3) is 0.257. The Hall–Kier alpha value is -9.36. The number of anilines is 6. The number of aryl methyl sites for hydroxylation is 6. The van der Waals surface area contributed by atoms with E-state index in [0.717, 1.165) is 94.9 Å². The van der Waals surface area contributed by atoms with Gasteiger partial charge < -0.3 is 52.5 Å². The van der Waals surface area contributed by atoms with Gasteiger partial charge >= 0.3 is 0 Å². The van der Waals surface area contributed by atoms with E-state index in [1.54, 1.807) is 18.6 Å². The van der Waals surface area contributed by atoms with Gasteiger partial charge in [-0.25, -0.2) is 9.97 Å². The van der Waals surface area contributed by atoms with E-state index in [2.05, 4.69) is 139 Å². The van der Waals surface area contributed by atoms with Gasteiger partial charge in [0.1, 0.15) is 35.8 Å². The van der Waals surface area contributed by atoms with E-state index in [4.69, 9.17) is 26.5 Å². The van der Waals surface area contributed by atoms with Crippen LogP contribution in [0.25, 0.3) is 66.1 Å². The van der Waals surface area contributed by atoms with Crippen molar-refractivity contribution in [3.63, 3.8) is 0 Å². The zero-order valence-electron chi connectivity index (χ0n) is 55.2. The van der Waals surface area contributed by atoms with Crippen LogP contribution in [0.15, 0.2) is 184 Å². The lowest BCUT2D eigenvalue weighted by atomic mass is 10.1. The van der Waals surface area contributed by atoms with Crippen molar-refractivity contribution in [3.05, 3.63) is 204 Å². The van der Waals surface area contributed by atoms with Crippen LogP contribution in [0.5, 0.6) is 0 Å². The Balaban J connectivity index is 0.000000117. The molecule has 4 aliphatic heterocycles. The van der Waals surface area contributed by atoms with Crippen molar-refractivity contribution in [3.8, 4) is 0 Å². The standard InChI is InChI=1S/C22H21N3O.C18H19N3O.C18H18N2O.C12H16N2/c1-13-9-11-16-20-19(12-10-14(2)23-20)26-22(16)21(13)25-15(3)24(4)17-7-5-6-8-18(17)25;1-11-5-7-14-15-8-6-12(2)19-18(15)22-17(14)16(11)21-10-9-20(4)13(21)3;1-12-8-9-15-14-6-4-5-7-16(14)21-18(15)17(12)20-11-10-19(3)13(20)2;1-10-6-4-5-7-12(10)14-9-8-13(3)11(14)2/h5-12,15H,1-4H3;5-10,13H,1-4H3;4-11,13H,1-3H3;4-9,11H,1-3H3/t15-;2*13-;11-/m0000/s1/i;4D3;;3D3. The van der Waals surface area contributed by atoms with E-state index in [1.807, 2.05) is 130 Å². The van der Waals surface area contributed by atoms with Gasteiger partial charge in [0.15, 0.2) is 22.3 Å². The summed E-state index contributed by atoms with van der Waals surface area (Å²) in [6.07, 6.45) is 11.1. The van der Waals surface area contributed by atoms with E-state index in [1.165, 1.54) is 43.1 Å². The van der Waals surface area contributed by atoms with Gasteiger partial charge in [-0.15, -0.1) is 0 Å². The molecule has 0 radical (unpaired) electrons. The van der Waals surface area contributed by atoms with Crippen molar-refractivity contribution in [1.82, 2.24) is 24.7 Å². The maximum atomic E-state index is 7.69. The van der Waals surface area contributed by atoms with Gasteiger partial charge in [0.2, 0.25) is 5.71 Å². The highest BCUT2D eigenvalue weighted by Crippen LogP contribution is 2.48. The first-order chi connectivity index (χ1) is 42.4. The lowest BCUT2D eigenvalue weighted by Crippen LogP contribution is -2.36. The molecule has 0 amide bonds. The molecule has 6 aromatic carbocycles. The minimum absolute atomic E-state index is 0.191. The van der Waals surface area contributed by atoms with Gasteiger partial charge in [-0.05, 0) is 146 Å². The largest absolute Gasteiger partial charge is 0.454 e. The minimum atomic E-state index is -2.18. The van der Waals surface area contributed by atoms with Gasteiger partial charge in [0.05, 0.1) is 28.4 Å². The van der Waals surface area contributed by atoms with Gasteiger partial charge in [-0.1, -0.05) is 78.9 Å². The minimum Gasteiger partial charge on any atom is -0.454 e. The predicted molar refractivity (Wildman–Crippen MR) is 345 cm³/mol. The number of furan rings is 3. The number of nitrogens with zero attached hydrogens (tertiary/aromatic N) is 10. The van der Waals surface area contributed by atoms with Crippen molar-refractivity contribution in [1.29, 1.82) is 0 Å². The van der Waals surface area contributed by atoms with Crippen LogP contribution in [0, 0.1) is 41.5 Å². The second-order valence-corrected chi connectivity index (χ2v) is 22.1. The molecule has 15 rings (SSSR count). The SMILES string of the molecule is Cc1ccc2c(oc3ccccc32)c1N1C=CN(C)[C@@H]1C.Cc1ccc2oc3c(N4c5ccccc5N(C)[C@@H]4C)c(C)ccc3c2n1.[2H]C([2H])([2H])N1C=CN(c2c(C)ccc3c2oc2nc(C)ccc23)[C@H]1C.[2H]C([2H])([2H])N1C=CN(c2ccccc2C)[C@H]1C. The van der Waals surface area contributed by atoms with Crippen LogP contribution >= 0.6 is 0 Å². The third kappa shape index (κ3) is 9.47. The topological polar surface area (TPSA) is 91.1 Å². The first-order valence-corrected chi connectivity index (χ1v) is 28.3. The number of fused-ring (bicyclic) bond motifs is 10. The van der Waals surface area contributed by atoms with Crippen LogP contribution in [0.2, 0.25) is 0 Å². The highest BCUT2D eigenvalue weighted by atomic mass is 16.3. The number of benzene rings is 6. The Kier molecular flexibility index (Phi) is 12.3. The molecular weight excluding hydrogens is 1030 g/mol. The molecule has 4 aliphatic rings. The summed E-state index contributed by atoms with van der Waals surface area (Å²) in [4.78, 5) is 25.0. The molecule has 9 heterocycles. The van der Waals surface area contributed by atoms with E-state index < -0.39 is 14.0 Å². The average Bonchev–Trinajstić information content (AvgIpc) is 1.75. The number of rotatable bonds is 4. The van der Waals surface area contributed by atoms with Crippen molar-refractivity contribution in [2.45, 2.75) is 93.9 Å². The second-order valence-electron chi connectivity index (χ2n) is 22.1. The van der Waals surface area contributed by atoms with E-state index in [9.17, 15) is 0 Å². The Bertz CT molecular complexity index is 4600. The summed E-state index contributed by atoms with van der Waals surface area (Å²) in [6.45, 7) is 16.2. The Morgan fingerprint density at radius 3 is 1.53 bits per heavy atom. The number of pyridine rings is 2. The van der Waals surface area contributed by atoms with E-state index in [0.29, 0.717) is 11.9 Å². The van der Waals surface area contributed by atoms with E-state index in [-0.39, 0.29) is 18.5 Å². The molecule has 0 aliphatic carbocycles. The normalized spacial score (nSPS) is 19.5. The first kappa shape index (κ1) is 47.3. The summed E-state index contributed by atoms with van der Waals surface area (Å²) in [7, 11) is 4.23. The number of hydrogen-bond acceptors (Lipinski definition) is 13. The molecule has 422 valence electrons. The van der Waals surface area contributed by atoms with Crippen LogP contribution in [0.3, 0.4) is 0 Å². The highest BCUT2D eigenvalue weighted by Gasteiger charge is 2.35. The van der Waals surface area contributed by atoms with Crippen molar-refractivity contribution < 1.29 is 21.5 Å². The molecule has 0 bridgehead atoms. The third-order valence-corrected chi connectivity index (χ3v) is 16.8. The van der Waals surface area contributed by atoms with Crippen LogP contribution in [0.4, 0.5) is 34.1 Å². The lowest BCUT2D eigenvalue weighted by molar-refractivity contribution is 0.383. The number of para-hydroxylation sites is 4. The molecule has 0 fully saturated rings. The number of aromatic nitrogens is 2. The zero-order chi connectivity index (χ0) is 63.1. The van der Waals surface area contributed by atoms with Crippen LogP contribution in [-0.4, -0.2) is 77.4 Å². The smallest absolute Gasteiger partial charge is 0.227 e. The van der Waals surface area contributed by atoms with Crippen LogP contribution in [0.1, 0.15) is 69.6 Å². The molecule has 0 spiro atoms. The van der Waals surface area contributed by atoms with Crippen molar-refractivity contribution >= 4 is 100 Å². The lowest BCUT2D eigenvalue weighted by Gasteiger charge is -2.29. The summed E-state index contributed by atoms with van der Waals surface area (Å²) in [5.41, 5.74) is 19.1. The molecule has 4 atom stereocenters. The molecule has 0 saturated carbocycles. The summed E-state index contributed by atoms with van der Waals surface area (Å²) in [6, 6.07) is 45.4. The summed E-state index contributed by atoms with van der Waals surface area (Å²) in [5, 5.41) is 5.38. The molecule has 0 N–H and O–H groups in total. The monoisotopic (exact) mass is 1110 g/mol. The summed E-state index contributed by atoms with van der Waals surface area (Å²) in [5.74, 6) is 0. The molecule has 5 aromatic heterocycles. The predicted octanol–water partition coefficient (Wildman–Crippen LogP) is 16.7. The van der Waals surface area contributed by atoms with Crippen LogP contribution in [-0.2, 0) is 0 Å². The Morgan fingerprint density at radius 1 is 0.386 bits per heavy atom. The van der Waals surface area contributed by atoms with Crippen molar-refractivity contribution in [2.75, 3.05) is 52.5 Å². The van der Waals surface area contributed by atoms with Gasteiger partial charge in [-0.2, -0.15) is 0 Å². The molecule has 83 heavy (non-hydrogen) atoms. The maximum absolute atomic E-state index is 7.69. The Labute approximate surface area is 495 Å². The van der Waals surface area contributed by atoms with Gasteiger partial charge in [0, 0.05) is 117 Å². The summed E-state index contributed by atoms with van der Waals surface area (Å²) >= 11 is 0. The quantitative estimate of drug-likeness (QED) is 0.168. The average molecular weight is 1110 g/mol. The number of hydrogen-bond donors (Lipinski definition) is 0. The molecule has 0 unspecified atom stereocenters. The first-order valence-electron chi connectivity index (χ1n) is 31.3. The molecule has 13 heteroatoms. The summed E-state index contributed by atoms with van der Waals surface area (Å²) < 4.78 is 64.0. The molecular formula is C70H74N10O3. The fourth-order valence-corrected chi connectivity index (χ4v) is 11.8. The van der Waals surface area contributed by atoms with E-state index >= 15 is 0 Å². The highest BCUT2D eigenvalue weighted by molar-refractivity contribution is 6.11. The fourth-order valence-electron chi connectivity index (χ4n) is 11.8.